The first-order valence-corrected chi connectivity index (χ1v) is 14.0. The molecule has 0 saturated carbocycles. The highest BCUT2D eigenvalue weighted by Gasteiger charge is 2.11. The van der Waals surface area contributed by atoms with Crippen molar-refractivity contribution in [1.29, 1.82) is 0 Å². The molecule has 0 atom stereocenters. The van der Waals surface area contributed by atoms with E-state index in [1.54, 1.807) is 0 Å². The largest absolute Gasteiger partial charge is 0.494 e. The highest BCUT2D eigenvalue weighted by Crippen LogP contribution is 2.21. The number of aryl methyl sites for hydroxylation is 4. The number of amides is 1. The lowest BCUT2D eigenvalue weighted by Crippen LogP contribution is -2.30. The number of para-hydroxylation sites is 2. The lowest BCUT2D eigenvalue weighted by atomic mass is 10.0. The third kappa shape index (κ3) is 8.09. The van der Waals surface area contributed by atoms with Crippen molar-refractivity contribution in [2.45, 2.75) is 65.8 Å². The second-order valence-corrected chi connectivity index (χ2v) is 10.5. The fourth-order valence-corrected chi connectivity index (χ4v) is 4.61. The van der Waals surface area contributed by atoms with E-state index in [4.69, 9.17) is 14.5 Å². The van der Waals surface area contributed by atoms with E-state index in [9.17, 15) is 4.79 Å². The van der Waals surface area contributed by atoms with Gasteiger partial charge in [0.05, 0.1) is 17.6 Å². The summed E-state index contributed by atoms with van der Waals surface area (Å²) in [4.78, 5) is 17.2. The lowest BCUT2D eigenvalue weighted by Gasteiger charge is -2.12. The number of aromatic nitrogens is 2. The molecule has 4 aromatic rings. The van der Waals surface area contributed by atoms with Gasteiger partial charge < -0.3 is 19.4 Å². The van der Waals surface area contributed by atoms with Gasteiger partial charge in [-0.3, -0.25) is 4.79 Å². The van der Waals surface area contributed by atoms with Crippen molar-refractivity contribution < 1.29 is 14.3 Å². The number of ether oxygens (including phenoxy) is 2. The van der Waals surface area contributed by atoms with Crippen molar-refractivity contribution in [3.8, 4) is 11.5 Å². The number of imidazole rings is 1. The molecule has 0 radical (unpaired) electrons. The predicted molar refractivity (Wildman–Crippen MR) is 158 cm³/mol. The predicted octanol–water partition coefficient (Wildman–Crippen LogP) is 6.76. The molecule has 0 unspecified atom stereocenters. The van der Waals surface area contributed by atoms with E-state index in [0.29, 0.717) is 19.1 Å². The normalized spacial score (nSPS) is 11.2. The highest BCUT2D eigenvalue weighted by atomic mass is 16.5. The van der Waals surface area contributed by atoms with Gasteiger partial charge in [0.25, 0.3) is 5.91 Å². The van der Waals surface area contributed by atoms with Crippen molar-refractivity contribution in [1.82, 2.24) is 14.9 Å². The number of nitrogens with zero attached hydrogens (tertiary/aromatic N) is 2. The Morgan fingerprint density at radius 1 is 0.949 bits per heavy atom. The van der Waals surface area contributed by atoms with Crippen LogP contribution in [0.5, 0.6) is 11.5 Å². The van der Waals surface area contributed by atoms with Gasteiger partial charge in [-0.05, 0) is 86.1 Å². The SMILES string of the molecule is Cc1ccc(C)c(OCC(=O)NCCCc2nc3ccccc3n2CCCCOc2ccc(C(C)C)cc2)c1. The van der Waals surface area contributed by atoms with E-state index >= 15 is 0 Å². The molecule has 0 bridgehead atoms. The maximum atomic E-state index is 12.3. The highest BCUT2D eigenvalue weighted by molar-refractivity contribution is 5.77. The van der Waals surface area contributed by atoms with Gasteiger partial charge in [0, 0.05) is 19.5 Å². The average molecular weight is 528 g/mol. The molecule has 1 heterocycles. The van der Waals surface area contributed by atoms with Crippen LogP contribution >= 0.6 is 0 Å². The second-order valence-electron chi connectivity index (χ2n) is 10.5. The van der Waals surface area contributed by atoms with E-state index in [2.05, 4.69) is 66.2 Å². The Labute approximate surface area is 232 Å². The van der Waals surface area contributed by atoms with Gasteiger partial charge in [0.2, 0.25) is 0 Å². The van der Waals surface area contributed by atoms with Crippen molar-refractivity contribution in [3.05, 3.63) is 89.2 Å². The summed E-state index contributed by atoms with van der Waals surface area (Å²) in [6.07, 6.45) is 3.58. The van der Waals surface area contributed by atoms with Crippen molar-refractivity contribution >= 4 is 16.9 Å². The van der Waals surface area contributed by atoms with Crippen LogP contribution in [-0.2, 0) is 17.8 Å². The molecule has 0 spiro atoms. The van der Waals surface area contributed by atoms with Crippen LogP contribution < -0.4 is 14.8 Å². The first-order chi connectivity index (χ1) is 18.9. The van der Waals surface area contributed by atoms with Crippen molar-refractivity contribution in [2.24, 2.45) is 0 Å². The molecule has 0 saturated heterocycles. The van der Waals surface area contributed by atoms with Gasteiger partial charge in [-0.15, -0.1) is 0 Å². The fraction of sp³-hybridized carbons (Fsp3) is 0.394. The minimum atomic E-state index is -0.108. The van der Waals surface area contributed by atoms with Crippen LogP contribution in [0.3, 0.4) is 0 Å². The second kappa shape index (κ2) is 13.8. The van der Waals surface area contributed by atoms with Gasteiger partial charge in [-0.25, -0.2) is 4.98 Å². The Balaban J connectivity index is 1.22. The maximum Gasteiger partial charge on any atom is 0.257 e. The first-order valence-electron chi connectivity index (χ1n) is 14.0. The van der Waals surface area contributed by atoms with Crippen LogP contribution in [0, 0.1) is 13.8 Å². The van der Waals surface area contributed by atoms with E-state index in [0.717, 1.165) is 71.7 Å². The summed E-state index contributed by atoms with van der Waals surface area (Å²) >= 11 is 0. The van der Waals surface area contributed by atoms with Gasteiger partial charge in [0.1, 0.15) is 17.3 Å². The zero-order chi connectivity index (χ0) is 27.6. The number of benzene rings is 3. The quantitative estimate of drug-likeness (QED) is 0.184. The number of carbonyl (C=O) groups excluding carboxylic acids is 1. The molecular weight excluding hydrogens is 486 g/mol. The molecular formula is C33H41N3O3. The van der Waals surface area contributed by atoms with Gasteiger partial charge in [-0.2, -0.15) is 0 Å². The summed E-state index contributed by atoms with van der Waals surface area (Å²) in [5.41, 5.74) is 5.64. The molecule has 3 aromatic carbocycles. The molecule has 1 amide bonds. The van der Waals surface area contributed by atoms with Gasteiger partial charge in [0.15, 0.2) is 6.61 Å². The average Bonchev–Trinajstić information content (AvgIpc) is 3.29. The Morgan fingerprint density at radius 3 is 2.54 bits per heavy atom. The fourth-order valence-electron chi connectivity index (χ4n) is 4.61. The number of hydrogen-bond donors (Lipinski definition) is 1. The molecule has 206 valence electrons. The summed E-state index contributed by atoms with van der Waals surface area (Å²) in [7, 11) is 0. The molecule has 6 nitrogen and oxygen atoms in total. The number of hydrogen-bond acceptors (Lipinski definition) is 4. The maximum absolute atomic E-state index is 12.3. The topological polar surface area (TPSA) is 65.4 Å². The third-order valence-corrected chi connectivity index (χ3v) is 6.93. The van der Waals surface area contributed by atoms with Crippen LogP contribution in [0.4, 0.5) is 0 Å². The van der Waals surface area contributed by atoms with Gasteiger partial charge >= 0.3 is 0 Å². The number of nitrogens with one attached hydrogen (secondary N) is 1. The smallest absolute Gasteiger partial charge is 0.257 e. The molecule has 0 aliphatic carbocycles. The van der Waals surface area contributed by atoms with E-state index < -0.39 is 0 Å². The molecule has 1 aromatic heterocycles. The Morgan fingerprint density at radius 2 is 1.74 bits per heavy atom. The molecule has 39 heavy (non-hydrogen) atoms. The van der Waals surface area contributed by atoms with Crippen LogP contribution in [0.15, 0.2) is 66.7 Å². The summed E-state index contributed by atoms with van der Waals surface area (Å²) in [6, 6.07) is 22.7. The molecule has 0 aliphatic heterocycles. The standard InChI is InChI=1S/C33H41N3O3/c1-24(2)27-15-17-28(18-16-27)38-21-8-7-20-36-30-11-6-5-10-29(30)35-32(36)12-9-19-34-33(37)23-39-31-22-25(3)13-14-26(31)4/h5-6,10-11,13-18,22,24H,7-9,12,19-21,23H2,1-4H3,(H,34,37). The third-order valence-electron chi connectivity index (χ3n) is 6.93. The molecule has 6 heteroatoms. The zero-order valence-corrected chi connectivity index (χ0v) is 23.7. The minimum absolute atomic E-state index is 0.0206. The number of carbonyl (C=O) groups is 1. The Kier molecular flexibility index (Phi) is 10.0. The number of rotatable bonds is 14. The van der Waals surface area contributed by atoms with Crippen LogP contribution in [-0.4, -0.2) is 35.2 Å². The Hall–Kier alpha value is -3.80. The molecule has 1 N–H and O–H groups in total. The molecule has 0 fully saturated rings. The van der Waals surface area contributed by atoms with Crippen LogP contribution in [0.25, 0.3) is 11.0 Å². The summed E-state index contributed by atoms with van der Waals surface area (Å²) in [5, 5.41) is 2.98. The lowest BCUT2D eigenvalue weighted by molar-refractivity contribution is -0.123. The minimum Gasteiger partial charge on any atom is -0.494 e. The van der Waals surface area contributed by atoms with Crippen molar-refractivity contribution in [2.75, 3.05) is 19.8 Å². The number of unbranched alkanes of at least 4 members (excludes halogenated alkanes) is 1. The zero-order valence-electron chi connectivity index (χ0n) is 23.7. The Bertz CT molecular complexity index is 1360. The van der Waals surface area contributed by atoms with E-state index in [-0.39, 0.29) is 12.5 Å². The van der Waals surface area contributed by atoms with E-state index in [1.165, 1.54) is 5.56 Å². The van der Waals surface area contributed by atoms with Gasteiger partial charge in [-0.1, -0.05) is 50.2 Å². The molecule has 4 rings (SSSR count). The van der Waals surface area contributed by atoms with E-state index in [1.807, 2.05) is 38.1 Å². The number of fused-ring (bicyclic) bond motifs is 1. The monoisotopic (exact) mass is 527 g/mol. The summed E-state index contributed by atoms with van der Waals surface area (Å²) < 4.78 is 14.0. The van der Waals surface area contributed by atoms with Crippen LogP contribution in [0.1, 0.15) is 61.5 Å². The van der Waals surface area contributed by atoms with Crippen LogP contribution in [0.2, 0.25) is 0 Å². The molecule has 0 aliphatic rings. The first kappa shape index (κ1) is 28.2. The summed E-state index contributed by atoms with van der Waals surface area (Å²) in [5.74, 6) is 3.16. The summed E-state index contributed by atoms with van der Waals surface area (Å²) in [6.45, 7) is 10.6. The van der Waals surface area contributed by atoms with Crippen molar-refractivity contribution in [3.63, 3.8) is 0 Å².